The molecule has 0 spiro atoms. The van der Waals surface area contributed by atoms with Crippen LogP contribution in [0.3, 0.4) is 0 Å². The van der Waals surface area contributed by atoms with Crippen molar-refractivity contribution in [1.29, 1.82) is 0 Å². The predicted molar refractivity (Wildman–Crippen MR) is 87.8 cm³/mol. The van der Waals surface area contributed by atoms with Gasteiger partial charge in [-0.3, -0.25) is 0 Å². The van der Waals surface area contributed by atoms with Gasteiger partial charge in [0.15, 0.2) is 0 Å². The Labute approximate surface area is 130 Å². The minimum absolute atomic E-state index is 0.814. The fraction of sp³-hybridized carbons (Fsp3) is 0.133. The highest BCUT2D eigenvalue weighted by Gasteiger charge is 2.09. The predicted octanol–water partition coefficient (Wildman–Crippen LogP) is 4.81. The average Bonchev–Trinajstić information content (AvgIpc) is 2.98. The van der Waals surface area contributed by atoms with Crippen LogP contribution in [-0.2, 0) is 6.54 Å². The molecule has 0 atom stereocenters. The van der Waals surface area contributed by atoms with E-state index in [-0.39, 0.29) is 0 Å². The van der Waals surface area contributed by atoms with Gasteiger partial charge in [-0.05, 0) is 46.4 Å². The van der Waals surface area contributed by atoms with Gasteiger partial charge in [-0.25, -0.2) is 4.98 Å². The number of para-hydroxylation sites is 1. The molecule has 3 aromatic rings. The largest absolute Gasteiger partial charge is 0.326 e. The van der Waals surface area contributed by atoms with Crippen molar-refractivity contribution in [3.8, 4) is 0 Å². The number of benzene rings is 1. The van der Waals surface area contributed by atoms with Crippen molar-refractivity contribution < 1.29 is 0 Å². The van der Waals surface area contributed by atoms with Crippen LogP contribution in [0.15, 0.2) is 52.4 Å². The van der Waals surface area contributed by atoms with Crippen molar-refractivity contribution in [2.24, 2.45) is 0 Å². The van der Waals surface area contributed by atoms with Gasteiger partial charge in [0.05, 0.1) is 12.2 Å². The number of hydrogen-bond acceptors (Lipinski definition) is 3. The Hall–Kier alpha value is -1.59. The monoisotopic (exact) mass is 347 g/mol. The molecule has 20 heavy (non-hydrogen) atoms. The number of rotatable bonds is 4. The fourth-order valence-electron chi connectivity index (χ4n) is 2.01. The number of nitrogens with one attached hydrogen (secondary N) is 1. The lowest BCUT2D eigenvalue weighted by Crippen LogP contribution is -2.03. The maximum absolute atomic E-state index is 4.56. The molecule has 0 bridgehead atoms. The summed E-state index contributed by atoms with van der Waals surface area (Å²) in [5.74, 6) is 0.869. The summed E-state index contributed by atoms with van der Waals surface area (Å²) >= 11 is 5.32. The molecule has 0 aliphatic rings. The van der Waals surface area contributed by atoms with E-state index in [1.165, 1.54) is 4.88 Å². The Morgan fingerprint density at radius 2 is 2.05 bits per heavy atom. The summed E-state index contributed by atoms with van der Waals surface area (Å²) in [6.07, 6.45) is 2.07. The molecule has 0 saturated carbocycles. The van der Waals surface area contributed by atoms with Gasteiger partial charge in [0, 0.05) is 21.2 Å². The first-order valence-corrected chi connectivity index (χ1v) is 7.97. The minimum atomic E-state index is 0.814. The number of halogens is 1. The molecule has 1 aromatic carbocycles. The Balaban J connectivity index is 1.87. The van der Waals surface area contributed by atoms with Crippen molar-refractivity contribution >= 4 is 38.9 Å². The first-order valence-electron chi connectivity index (χ1n) is 6.30. The number of hydrogen-bond donors (Lipinski definition) is 1. The highest BCUT2D eigenvalue weighted by molar-refractivity contribution is 9.10. The zero-order chi connectivity index (χ0) is 13.9. The molecule has 0 unspecified atom stereocenters. The van der Waals surface area contributed by atoms with Crippen LogP contribution in [0.5, 0.6) is 0 Å². The lowest BCUT2D eigenvalue weighted by molar-refractivity contribution is 0.817. The molecule has 2 heterocycles. The van der Waals surface area contributed by atoms with Gasteiger partial charge in [0.1, 0.15) is 0 Å². The number of thiophene rings is 1. The molecule has 1 N–H and O–H groups in total. The average molecular weight is 348 g/mol. The van der Waals surface area contributed by atoms with E-state index in [0.717, 1.165) is 28.3 Å². The Bertz CT molecular complexity index is 703. The molecule has 0 amide bonds. The van der Waals surface area contributed by atoms with Gasteiger partial charge in [-0.2, -0.15) is 0 Å². The first-order chi connectivity index (χ1) is 9.72. The number of anilines is 2. The molecule has 0 fully saturated rings. The number of imidazole rings is 1. The smallest absolute Gasteiger partial charge is 0.207 e. The highest BCUT2D eigenvalue weighted by atomic mass is 79.9. The van der Waals surface area contributed by atoms with Crippen LogP contribution in [-0.4, -0.2) is 9.55 Å². The van der Waals surface area contributed by atoms with Crippen LogP contribution in [0, 0.1) is 6.92 Å². The van der Waals surface area contributed by atoms with Gasteiger partial charge in [-0.15, -0.1) is 11.3 Å². The molecular formula is C15H14BrN3S. The summed E-state index contributed by atoms with van der Waals surface area (Å²) in [4.78, 5) is 5.85. The van der Waals surface area contributed by atoms with Crippen molar-refractivity contribution in [1.82, 2.24) is 9.55 Å². The summed E-state index contributed by atoms with van der Waals surface area (Å²) in [6.45, 7) is 2.82. The van der Waals surface area contributed by atoms with E-state index in [9.17, 15) is 0 Å². The van der Waals surface area contributed by atoms with Gasteiger partial charge >= 0.3 is 0 Å². The van der Waals surface area contributed by atoms with Crippen LogP contribution in [0.4, 0.5) is 11.6 Å². The molecule has 102 valence electrons. The lowest BCUT2D eigenvalue weighted by Gasteiger charge is -2.09. The Kier molecular flexibility index (Phi) is 3.89. The van der Waals surface area contributed by atoms with Gasteiger partial charge in [-0.1, -0.05) is 18.2 Å². The van der Waals surface area contributed by atoms with Gasteiger partial charge in [0.25, 0.3) is 0 Å². The number of nitrogens with zero attached hydrogens (tertiary/aromatic N) is 2. The second-order valence-corrected chi connectivity index (χ2v) is 6.37. The molecular weight excluding hydrogens is 334 g/mol. The summed E-state index contributed by atoms with van der Waals surface area (Å²) in [5.41, 5.74) is 2.06. The van der Waals surface area contributed by atoms with Gasteiger partial charge < -0.3 is 9.88 Å². The van der Waals surface area contributed by atoms with Crippen LogP contribution in [0.2, 0.25) is 0 Å². The third-order valence-corrected chi connectivity index (χ3v) is 4.84. The molecule has 3 nitrogen and oxygen atoms in total. The van der Waals surface area contributed by atoms with Crippen LogP contribution in [0.1, 0.15) is 10.6 Å². The van der Waals surface area contributed by atoms with E-state index >= 15 is 0 Å². The standard InChI is InChI=1S/C15H14BrN3S/c1-11-9-19(10-14-13(16)7-8-20-14)15(17-11)18-12-5-3-2-4-6-12/h2-9H,10H2,1H3,(H,17,18). The molecule has 5 heteroatoms. The van der Waals surface area contributed by atoms with Crippen molar-refractivity contribution in [2.75, 3.05) is 5.32 Å². The summed E-state index contributed by atoms with van der Waals surface area (Å²) in [5, 5.41) is 5.46. The third-order valence-electron chi connectivity index (χ3n) is 2.93. The van der Waals surface area contributed by atoms with Crippen molar-refractivity contribution in [3.05, 3.63) is 63.0 Å². The van der Waals surface area contributed by atoms with Crippen LogP contribution >= 0.6 is 27.3 Å². The first kappa shape index (κ1) is 13.4. The zero-order valence-corrected chi connectivity index (χ0v) is 13.4. The van der Waals surface area contributed by atoms with Crippen molar-refractivity contribution in [3.63, 3.8) is 0 Å². The quantitative estimate of drug-likeness (QED) is 0.733. The number of aromatic nitrogens is 2. The van der Waals surface area contributed by atoms with E-state index in [2.05, 4.69) is 48.4 Å². The lowest BCUT2D eigenvalue weighted by atomic mass is 10.3. The maximum atomic E-state index is 4.56. The maximum Gasteiger partial charge on any atom is 0.207 e. The Morgan fingerprint density at radius 1 is 1.25 bits per heavy atom. The topological polar surface area (TPSA) is 29.9 Å². The second-order valence-electron chi connectivity index (χ2n) is 4.52. The zero-order valence-electron chi connectivity index (χ0n) is 11.0. The molecule has 2 aromatic heterocycles. The van der Waals surface area contributed by atoms with Crippen molar-refractivity contribution in [2.45, 2.75) is 13.5 Å². The van der Waals surface area contributed by atoms with E-state index in [1.807, 2.05) is 37.3 Å². The van der Waals surface area contributed by atoms with E-state index in [1.54, 1.807) is 11.3 Å². The van der Waals surface area contributed by atoms with E-state index in [0.29, 0.717) is 0 Å². The molecule has 3 rings (SSSR count). The Morgan fingerprint density at radius 3 is 2.75 bits per heavy atom. The number of aryl methyl sites for hydroxylation is 1. The van der Waals surface area contributed by atoms with E-state index in [4.69, 9.17) is 0 Å². The summed E-state index contributed by atoms with van der Waals surface area (Å²) in [6, 6.07) is 12.2. The minimum Gasteiger partial charge on any atom is -0.326 e. The van der Waals surface area contributed by atoms with Crippen LogP contribution < -0.4 is 5.32 Å². The summed E-state index contributed by atoms with van der Waals surface area (Å²) < 4.78 is 3.29. The van der Waals surface area contributed by atoms with Crippen LogP contribution in [0.25, 0.3) is 0 Å². The normalized spacial score (nSPS) is 10.7. The SMILES string of the molecule is Cc1cn(Cc2sccc2Br)c(Nc2ccccc2)n1. The van der Waals surface area contributed by atoms with Gasteiger partial charge in [0.2, 0.25) is 5.95 Å². The molecule has 0 radical (unpaired) electrons. The summed E-state index contributed by atoms with van der Waals surface area (Å²) in [7, 11) is 0. The molecule has 0 saturated heterocycles. The molecule has 0 aliphatic heterocycles. The second kappa shape index (κ2) is 5.81. The highest BCUT2D eigenvalue weighted by Crippen LogP contribution is 2.25. The fourth-order valence-corrected chi connectivity index (χ4v) is 3.49. The molecule has 0 aliphatic carbocycles. The van der Waals surface area contributed by atoms with E-state index < -0.39 is 0 Å². The third kappa shape index (κ3) is 2.94.